The molecule has 0 bridgehead atoms. The summed E-state index contributed by atoms with van der Waals surface area (Å²) < 4.78 is 4.53. The number of nitrogens with zero attached hydrogens (tertiary/aromatic N) is 4. The summed E-state index contributed by atoms with van der Waals surface area (Å²) in [6, 6.07) is 12.9. The summed E-state index contributed by atoms with van der Waals surface area (Å²) in [7, 11) is 1.20. The van der Waals surface area contributed by atoms with Crippen molar-refractivity contribution in [3.63, 3.8) is 0 Å². The number of anilines is 1. The molecule has 4 rings (SSSR count). The predicted octanol–water partition coefficient (Wildman–Crippen LogP) is 2.13. The lowest BCUT2D eigenvalue weighted by molar-refractivity contribution is -0.158. The van der Waals surface area contributed by atoms with Gasteiger partial charge >= 0.3 is 11.9 Å². The smallest absolute Gasteiger partial charge is 0.396 e. The number of esters is 1. The number of benzene rings is 2. The number of methoxy groups -OCH3 is 1. The maximum Gasteiger partial charge on any atom is 0.396 e. The Kier molecular flexibility index (Phi) is 5.22. The molecule has 0 aliphatic carbocycles. The van der Waals surface area contributed by atoms with E-state index >= 15 is 0 Å². The molecule has 2 heterocycles. The van der Waals surface area contributed by atoms with Gasteiger partial charge in [-0.2, -0.15) is 0 Å². The maximum atomic E-state index is 12.1. The number of aryl methyl sites for hydroxylation is 1. The number of amides is 1. The fourth-order valence-electron chi connectivity index (χ4n) is 3.58. The van der Waals surface area contributed by atoms with E-state index in [2.05, 4.69) is 14.6 Å². The molecule has 1 aliphatic rings. The topological polar surface area (TPSA) is 95.9 Å². The molecule has 1 N–H and O–H groups in total. The van der Waals surface area contributed by atoms with Crippen molar-refractivity contribution < 1.29 is 19.4 Å². The first-order valence-corrected chi connectivity index (χ1v) is 9.67. The molecule has 1 saturated heterocycles. The van der Waals surface area contributed by atoms with Gasteiger partial charge < -0.3 is 19.6 Å². The standard InChI is InChI=1S/C22H22N4O4/c1-14-7-8-15-17(13-14)23-19(16-5-3-4-6-18(16)27)24-20(15)25-9-11-26(12-10-25)21(28)22(29)30-2/h3-8,13,27H,9-12H2,1-2H3. The highest BCUT2D eigenvalue weighted by Gasteiger charge is 2.28. The van der Waals surface area contributed by atoms with E-state index in [1.165, 1.54) is 12.0 Å². The lowest BCUT2D eigenvalue weighted by Crippen LogP contribution is -2.51. The largest absolute Gasteiger partial charge is 0.507 e. The molecule has 2 aromatic carbocycles. The van der Waals surface area contributed by atoms with E-state index in [-0.39, 0.29) is 5.75 Å². The fourth-order valence-corrected chi connectivity index (χ4v) is 3.58. The first-order chi connectivity index (χ1) is 14.5. The number of phenolic OH excluding ortho intramolecular Hbond substituents is 1. The number of hydrogen-bond donors (Lipinski definition) is 1. The van der Waals surface area contributed by atoms with Crippen molar-refractivity contribution in [2.45, 2.75) is 6.92 Å². The second-order valence-electron chi connectivity index (χ2n) is 7.18. The average molecular weight is 406 g/mol. The molecule has 0 radical (unpaired) electrons. The van der Waals surface area contributed by atoms with Gasteiger partial charge in [0.15, 0.2) is 5.82 Å². The number of fused-ring (bicyclic) bond motifs is 1. The second kappa shape index (κ2) is 7.98. The summed E-state index contributed by atoms with van der Waals surface area (Å²) in [4.78, 5) is 36.6. The Morgan fingerprint density at radius 2 is 1.77 bits per heavy atom. The lowest BCUT2D eigenvalue weighted by Gasteiger charge is -2.35. The monoisotopic (exact) mass is 406 g/mol. The van der Waals surface area contributed by atoms with E-state index < -0.39 is 11.9 Å². The lowest BCUT2D eigenvalue weighted by atomic mass is 10.1. The molecule has 30 heavy (non-hydrogen) atoms. The van der Waals surface area contributed by atoms with E-state index in [9.17, 15) is 14.7 Å². The van der Waals surface area contributed by atoms with Crippen LogP contribution in [0, 0.1) is 6.92 Å². The molecule has 1 amide bonds. The molecule has 0 atom stereocenters. The summed E-state index contributed by atoms with van der Waals surface area (Å²) in [5, 5.41) is 11.2. The molecule has 8 nitrogen and oxygen atoms in total. The number of aromatic nitrogens is 2. The zero-order valence-electron chi connectivity index (χ0n) is 16.8. The molecule has 0 unspecified atom stereocenters. The third-order valence-corrected chi connectivity index (χ3v) is 5.20. The van der Waals surface area contributed by atoms with Crippen molar-refractivity contribution in [3.05, 3.63) is 48.0 Å². The van der Waals surface area contributed by atoms with Gasteiger partial charge in [0.1, 0.15) is 11.6 Å². The molecule has 154 valence electrons. The van der Waals surface area contributed by atoms with Crippen LogP contribution in [0.1, 0.15) is 5.56 Å². The highest BCUT2D eigenvalue weighted by atomic mass is 16.5. The Bertz CT molecular complexity index is 1120. The van der Waals surface area contributed by atoms with Crippen molar-refractivity contribution in [1.29, 1.82) is 0 Å². The number of phenols is 1. The quantitative estimate of drug-likeness (QED) is 0.514. The van der Waals surface area contributed by atoms with Gasteiger partial charge in [-0.05, 0) is 36.8 Å². The fraction of sp³-hybridized carbons (Fsp3) is 0.273. The van der Waals surface area contributed by atoms with Crippen LogP contribution in [-0.4, -0.2) is 65.1 Å². The number of para-hydroxylation sites is 1. The summed E-state index contributed by atoms with van der Waals surface area (Å²) in [5.74, 6) is -0.190. The van der Waals surface area contributed by atoms with Gasteiger partial charge in [0.2, 0.25) is 0 Å². The third kappa shape index (κ3) is 3.63. The second-order valence-corrected chi connectivity index (χ2v) is 7.18. The van der Waals surface area contributed by atoms with Crippen molar-refractivity contribution >= 4 is 28.6 Å². The van der Waals surface area contributed by atoms with Crippen molar-refractivity contribution in [1.82, 2.24) is 14.9 Å². The van der Waals surface area contributed by atoms with Gasteiger partial charge in [0, 0.05) is 31.6 Å². The SMILES string of the molecule is COC(=O)C(=O)N1CCN(c2nc(-c3ccccc3O)nc3cc(C)ccc23)CC1. The molecular weight excluding hydrogens is 384 g/mol. The molecule has 1 aliphatic heterocycles. The van der Waals surface area contributed by atoms with Crippen LogP contribution in [0.25, 0.3) is 22.3 Å². The van der Waals surface area contributed by atoms with Crippen LogP contribution < -0.4 is 4.90 Å². The first kappa shape index (κ1) is 19.6. The van der Waals surface area contributed by atoms with Crippen LogP contribution in [0.4, 0.5) is 5.82 Å². The van der Waals surface area contributed by atoms with Crippen molar-refractivity contribution in [3.8, 4) is 17.1 Å². The molecule has 1 aromatic heterocycles. The van der Waals surface area contributed by atoms with Crippen LogP contribution >= 0.6 is 0 Å². The number of rotatable bonds is 2. The first-order valence-electron chi connectivity index (χ1n) is 9.67. The van der Waals surface area contributed by atoms with Crippen LogP contribution in [0.2, 0.25) is 0 Å². The number of carbonyl (C=O) groups is 2. The average Bonchev–Trinajstić information content (AvgIpc) is 2.77. The Hall–Kier alpha value is -3.68. The van der Waals surface area contributed by atoms with Gasteiger partial charge in [-0.25, -0.2) is 14.8 Å². The Balaban J connectivity index is 1.71. The van der Waals surface area contributed by atoms with E-state index in [0.29, 0.717) is 37.6 Å². The zero-order valence-corrected chi connectivity index (χ0v) is 16.8. The Labute approximate surface area is 173 Å². The number of carbonyl (C=O) groups excluding carboxylic acids is 2. The molecule has 1 fully saturated rings. The van der Waals surface area contributed by atoms with Gasteiger partial charge in [-0.3, -0.25) is 4.79 Å². The minimum Gasteiger partial charge on any atom is -0.507 e. The Morgan fingerprint density at radius 1 is 1.03 bits per heavy atom. The normalized spacial score (nSPS) is 14.1. The van der Waals surface area contributed by atoms with Gasteiger partial charge in [-0.1, -0.05) is 18.2 Å². The van der Waals surface area contributed by atoms with Crippen LogP contribution in [0.5, 0.6) is 5.75 Å². The minimum atomic E-state index is -0.853. The number of hydrogen-bond acceptors (Lipinski definition) is 7. The molecule has 8 heteroatoms. The number of aromatic hydroxyl groups is 1. The minimum absolute atomic E-state index is 0.115. The number of ether oxygens (including phenoxy) is 1. The van der Waals surface area contributed by atoms with E-state index in [0.717, 1.165) is 22.3 Å². The predicted molar refractivity (Wildman–Crippen MR) is 112 cm³/mol. The van der Waals surface area contributed by atoms with Crippen molar-refractivity contribution in [2.24, 2.45) is 0 Å². The highest BCUT2D eigenvalue weighted by Crippen LogP contribution is 2.32. The number of piperazine rings is 1. The van der Waals surface area contributed by atoms with Crippen LogP contribution in [0.3, 0.4) is 0 Å². The highest BCUT2D eigenvalue weighted by molar-refractivity contribution is 6.32. The van der Waals surface area contributed by atoms with E-state index in [4.69, 9.17) is 4.98 Å². The van der Waals surface area contributed by atoms with E-state index in [1.807, 2.05) is 31.2 Å². The van der Waals surface area contributed by atoms with Crippen LogP contribution in [-0.2, 0) is 14.3 Å². The van der Waals surface area contributed by atoms with E-state index in [1.54, 1.807) is 18.2 Å². The van der Waals surface area contributed by atoms with Gasteiger partial charge in [-0.15, -0.1) is 0 Å². The van der Waals surface area contributed by atoms with Gasteiger partial charge in [0.05, 0.1) is 18.2 Å². The summed E-state index contributed by atoms with van der Waals surface area (Å²) in [5.41, 5.74) is 2.41. The summed E-state index contributed by atoms with van der Waals surface area (Å²) >= 11 is 0. The molecular formula is C22H22N4O4. The Morgan fingerprint density at radius 3 is 2.47 bits per heavy atom. The molecule has 3 aromatic rings. The summed E-state index contributed by atoms with van der Waals surface area (Å²) in [6.45, 7) is 3.80. The van der Waals surface area contributed by atoms with Crippen LogP contribution in [0.15, 0.2) is 42.5 Å². The zero-order chi connectivity index (χ0) is 21.3. The summed E-state index contributed by atoms with van der Waals surface area (Å²) in [6.07, 6.45) is 0. The van der Waals surface area contributed by atoms with Gasteiger partial charge in [0.25, 0.3) is 0 Å². The molecule has 0 spiro atoms. The molecule has 0 saturated carbocycles. The maximum absolute atomic E-state index is 12.1. The van der Waals surface area contributed by atoms with Crippen molar-refractivity contribution in [2.75, 3.05) is 38.2 Å². The third-order valence-electron chi connectivity index (χ3n) is 5.20.